The quantitative estimate of drug-likeness (QED) is 0.581. The first-order valence-corrected chi connectivity index (χ1v) is 9.38. The Kier molecular flexibility index (Phi) is 4.37. The molecule has 3 N–H and O–H groups in total. The molecular weight excluding hydrogens is 386 g/mol. The van der Waals surface area contributed by atoms with E-state index in [2.05, 4.69) is 5.32 Å². The van der Waals surface area contributed by atoms with Crippen molar-refractivity contribution < 1.29 is 19.8 Å². The lowest BCUT2D eigenvalue weighted by Gasteiger charge is -2.24. The minimum Gasteiger partial charge on any atom is -0.508 e. The zero-order valence-electron chi connectivity index (χ0n) is 13.9. The summed E-state index contributed by atoms with van der Waals surface area (Å²) in [5.74, 6) is -1.35. The number of hydrogen-bond donors (Lipinski definition) is 3. The van der Waals surface area contributed by atoms with Crippen molar-refractivity contribution in [2.75, 3.05) is 5.32 Å². The lowest BCUT2D eigenvalue weighted by atomic mass is 9.88. The first-order valence-electron chi connectivity index (χ1n) is 8.18. The number of carboxylic acids is 1. The predicted octanol–water partition coefficient (Wildman–Crippen LogP) is 4.95. The summed E-state index contributed by atoms with van der Waals surface area (Å²) in [6.07, 6.45) is 0.220. The number of hydrogen-bond acceptors (Lipinski definition) is 4. The zero-order valence-corrected chi connectivity index (χ0v) is 15.5. The van der Waals surface area contributed by atoms with E-state index in [0.717, 1.165) is 10.4 Å². The summed E-state index contributed by atoms with van der Waals surface area (Å²) in [6.45, 7) is 0. The molecule has 0 spiro atoms. The number of phenols is 1. The summed E-state index contributed by atoms with van der Waals surface area (Å²) in [5, 5.41) is 22.7. The highest BCUT2D eigenvalue weighted by Crippen LogP contribution is 2.49. The molecule has 0 saturated carbocycles. The SMILES string of the molecule is O=C1C[C@H](c2ccc(O)cc2)c2sc(C(=O)O)c(-c3ccc(Cl)cc3)c2N1. The predicted molar refractivity (Wildman–Crippen MR) is 105 cm³/mol. The first-order chi connectivity index (χ1) is 12.9. The molecular formula is C20H14ClNO4S. The molecule has 0 saturated heterocycles. The number of nitrogens with one attached hydrogen (secondary N) is 1. The highest BCUT2D eigenvalue weighted by molar-refractivity contribution is 7.15. The van der Waals surface area contributed by atoms with Gasteiger partial charge in [0.05, 0.1) is 5.69 Å². The molecule has 0 fully saturated rings. The van der Waals surface area contributed by atoms with Gasteiger partial charge in [-0.05, 0) is 35.4 Å². The molecule has 1 atom stereocenters. The molecule has 0 bridgehead atoms. The van der Waals surface area contributed by atoms with Crippen LogP contribution in [-0.4, -0.2) is 22.1 Å². The summed E-state index contributed by atoms with van der Waals surface area (Å²) >= 11 is 7.12. The Morgan fingerprint density at radius 2 is 1.78 bits per heavy atom. The van der Waals surface area contributed by atoms with Crippen molar-refractivity contribution in [3.05, 3.63) is 68.9 Å². The maximum Gasteiger partial charge on any atom is 0.346 e. The molecule has 0 radical (unpaired) electrons. The van der Waals surface area contributed by atoms with E-state index in [4.69, 9.17) is 11.6 Å². The van der Waals surface area contributed by atoms with Crippen molar-refractivity contribution in [2.24, 2.45) is 0 Å². The van der Waals surface area contributed by atoms with Crippen molar-refractivity contribution >= 4 is 40.5 Å². The molecule has 27 heavy (non-hydrogen) atoms. The average Bonchev–Trinajstić information content (AvgIpc) is 3.02. The fourth-order valence-corrected chi connectivity index (χ4v) is 4.68. The standard InChI is InChI=1S/C20H14ClNO4S/c21-12-5-1-11(2-6-12)16-17-18(27-19(16)20(25)26)14(9-15(24)22-17)10-3-7-13(23)8-4-10/h1-8,14,23H,9H2,(H,22,24)(H,25,26)/t14-/m1/s1. The topological polar surface area (TPSA) is 86.6 Å². The number of halogens is 1. The van der Waals surface area contributed by atoms with Gasteiger partial charge in [-0.15, -0.1) is 11.3 Å². The second-order valence-corrected chi connectivity index (χ2v) is 7.74. The largest absolute Gasteiger partial charge is 0.508 e. The smallest absolute Gasteiger partial charge is 0.346 e. The molecule has 1 aromatic heterocycles. The third kappa shape index (κ3) is 3.18. The number of carboxylic acid groups (broad SMARTS) is 1. The minimum absolute atomic E-state index is 0.137. The highest BCUT2D eigenvalue weighted by atomic mass is 35.5. The van der Waals surface area contributed by atoms with Crippen LogP contribution in [0.25, 0.3) is 11.1 Å². The maximum atomic E-state index is 12.4. The molecule has 5 nitrogen and oxygen atoms in total. The van der Waals surface area contributed by atoms with E-state index in [0.29, 0.717) is 21.8 Å². The molecule has 1 aliphatic heterocycles. The van der Waals surface area contributed by atoms with Gasteiger partial charge in [0, 0.05) is 27.8 Å². The van der Waals surface area contributed by atoms with Crippen molar-refractivity contribution in [3.63, 3.8) is 0 Å². The van der Waals surface area contributed by atoms with Crippen LogP contribution in [-0.2, 0) is 4.79 Å². The van der Waals surface area contributed by atoms with Crippen LogP contribution in [0.2, 0.25) is 5.02 Å². The number of carbonyl (C=O) groups excluding carboxylic acids is 1. The summed E-state index contributed by atoms with van der Waals surface area (Å²) in [6, 6.07) is 13.5. The molecule has 0 aliphatic carbocycles. The summed E-state index contributed by atoms with van der Waals surface area (Å²) < 4.78 is 0. The number of amides is 1. The van der Waals surface area contributed by atoms with Crippen molar-refractivity contribution in [1.82, 2.24) is 0 Å². The molecule has 0 unspecified atom stereocenters. The molecule has 2 aromatic carbocycles. The van der Waals surface area contributed by atoms with Gasteiger partial charge < -0.3 is 15.5 Å². The summed E-state index contributed by atoms with van der Waals surface area (Å²) in [7, 11) is 0. The van der Waals surface area contributed by atoms with Gasteiger partial charge >= 0.3 is 5.97 Å². The Labute approximate surface area is 163 Å². The summed E-state index contributed by atoms with van der Waals surface area (Å²) in [4.78, 5) is 25.2. The number of phenolic OH excluding ortho intramolecular Hbond substituents is 1. The minimum atomic E-state index is -1.04. The third-order valence-electron chi connectivity index (χ3n) is 4.53. The van der Waals surface area contributed by atoms with Crippen LogP contribution in [0.1, 0.15) is 32.5 Å². The van der Waals surface area contributed by atoms with Crippen LogP contribution in [0.4, 0.5) is 5.69 Å². The second-order valence-electron chi connectivity index (χ2n) is 6.25. The van der Waals surface area contributed by atoms with Gasteiger partial charge in [-0.3, -0.25) is 4.79 Å². The maximum absolute atomic E-state index is 12.4. The molecule has 7 heteroatoms. The van der Waals surface area contributed by atoms with Crippen LogP contribution in [0, 0.1) is 0 Å². The van der Waals surface area contributed by atoms with Gasteiger partial charge in [0.2, 0.25) is 5.91 Å². The van der Waals surface area contributed by atoms with Gasteiger partial charge in [-0.2, -0.15) is 0 Å². The van der Waals surface area contributed by atoms with E-state index in [1.807, 2.05) is 0 Å². The highest BCUT2D eigenvalue weighted by Gasteiger charge is 2.34. The van der Waals surface area contributed by atoms with E-state index < -0.39 is 5.97 Å². The van der Waals surface area contributed by atoms with E-state index in [1.165, 1.54) is 11.3 Å². The van der Waals surface area contributed by atoms with Crippen LogP contribution in [0.15, 0.2) is 48.5 Å². The average molecular weight is 400 g/mol. The van der Waals surface area contributed by atoms with Gasteiger partial charge in [-0.1, -0.05) is 35.9 Å². The first kappa shape index (κ1) is 17.6. The number of rotatable bonds is 3. The molecule has 3 aromatic rings. The van der Waals surface area contributed by atoms with Crippen molar-refractivity contribution in [1.29, 1.82) is 0 Å². The molecule has 1 aliphatic rings. The second kappa shape index (κ2) is 6.72. The molecule has 4 rings (SSSR count). The van der Waals surface area contributed by atoms with Crippen LogP contribution in [0.5, 0.6) is 5.75 Å². The normalized spacial score (nSPS) is 15.9. The van der Waals surface area contributed by atoms with Gasteiger partial charge in [0.1, 0.15) is 10.6 Å². The molecule has 1 amide bonds. The van der Waals surface area contributed by atoms with Crippen molar-refractivity contribution in [3.8, 4) is 16.9 Å². The summed E-state index contributed by atoms with van der Waals surface area (Å²) in [5.41, 5.74) is 2.57. The molecule has 136 valence electrons. The van der Waals surface area contributed by atoms with Gasteiger partial charge in [-0.25, -0.2) is 4.79 Å². The molecule has 2 heterocycles. The van der Waals surface area contributed by atoms with E-state index in [9.17, 15) is 19.8 Å². The Morgan fingerprint density at radius 3 is 2.41 bits per heavy atom. The third-order valence-corrected chi connectivity index (χ3v) is 6.07. The number of benzene rings is 2. The number of aromatic hydroxyl groups is 1. The van der Waals surface area contributed by atoms with Crippen molar-refractivity contribution in [2.45, 2.75) is 12.3 Å². The Balaban J connectivity index is 1.92. The number of aromatic carboxylic acids is 1. The van der Waals surface area contributed by atoms with Crippen LogP contribution >= 0.6 is 22.9 Å². The van der Waals surface area contributed by atoms with E-state index >= 15 is 0 Å². The Hall–Kier alpha value is -2.83. The number of fused-ring (bicyclic) bond motifs is 1. The fraction of sp³-hybridized carbons (Fsp3) is 0.100. The van der Waals surface area contributed by atoms with Gasteiger partial charge in [0.15, 0.2) is 0 Å². The zero-order chi connectivity index (χ0) is 19.1. The van der Waals surface area contributed by atoms with Gasteiger partial charge in [0.25, 0.3) is 0 Å². The van der Waals surface area contributed by atoms with E-state index in [1.54, 1.807) is 48.5 Å². The van der Waals surface area contributed by atoms with Crippen LogP contribution < -0.4 is 5.32 Å². The lowest BCUT2D eigenvalue weighted by Crippen LogP contribution is -2.22. The number of thiophene rings is 1. The Bertz CT molecular complexity index is 1040. The van der Waals surface area contributed by atoms with Crippen LogP contribution in [0.3, 0.4) is 0 Å². The monoisotopic (exact) mass is 399 g/mol. The van der Waals surface area contributed by atoms with E-state index in [-0.39, 0.29) is 28.9 Å². The lowest BCUT2D eigenvalue weighted by molar-refractivity contribution is -0.116. The fourth-order valence-electron chi connectivity index (χ4n) is 3.31. The number of carbonyl (C=O) groups is 2. The Morgan fingerprint density at radius 1 is 1.11 bits per heavy atom. The number of anilines is 1.